The number of H-pyrrole nitrogens is 1. The van der Waals surface area contributed by atoms with Crippen LogP contribution >= 0.6 is 11.8 Å². The number of halogens is 1. The molecular weight excluding hydrogens is 417 g/mol. The summed E-state index contributed by atoms with van der Waals surface area (Å²) in [5, 5.41) is 11.7. The minimum atomic E-state index is -0.353. The van der Waals surface area contributed by atoms with Gasteiger partial charge in [-0.2, -0.15) is 5.10 Å². The molecule has 31 heavy (non-hydrogen) atoms. The van der Waals surface area contributed by atoms with Gasteiger partial charge in [0.15, 0.2) is 0 Å². The molecule has 1 N–H and O–H groups in total. The van der Waals surface area contributed by atoms with Gasteiger partial charge in [0.1, 0.15) is 17.1 Å². The Balaban J connectivity index is 1.45. The molecule has 0 atom stereocenters. The molecule has 0 saturated heterocycles. The maximum absolute atomic E-state index is 13.2. The van der Waals surface area contributed by atoms with E-state index in [0.717, 1.165) is 17.0 Å². The van der Waals surface area contributed by atoms with E-state index in [1.807, 2.05) is 37.3 Å². The lowest BCUT2D eigenvalue weighted by atomic mass is 10.1. The molecule has 0 aliphatic rings. The molecule has 0 amide bonds. The molecule has 154 valence electrons. The Morgan fingerprint density at radius 2 is 1.87 bits per heavy atom. The van der Waals surface area contributed by atoms with Crippen molar-refractivity contribution < 1.29 is 8.81 Å². The summed E-state index contributed by atoms with van der Waals surface area (Å²) in [4.78, 5) is 16.8. The Bertz CT molecular complexity index is 1420. The Kier molecular flexibility index (Phi) is 4.87. The van der Waals surface area contributed by atoms with Gasteiger partial charge in [0.25, 0.3) is 5.56 Å². The highest BCUT2D eigenvalue weighted by molar-refractivity contribution is 7.98. The maximum Gasteiger partial charge on any atom is 0.290 e. The van der Waals surface area contributed by atoms with Crippen LogP contribution in [0.25, 0.3) is 28.2 Å². The largest absolute Gasteiger partial charge is 0.441 e. The fraction of sp³-hybridized carbons (Fsp3) is 0.0909. The molecule has 2 aromatic carbocycles. The van der Waals surface area contributed by atoms with Crippen molar-refractivity contribution in [1.29, 1.82) is 0 Å². The number of nitrogens with one attached hydrogen (secondary N) is 1. The van der Waals surface area contributed by atoms with Crippen LogP contribution in [0.15, 0.2) is 75.0 Å². The summed E-state index contributed by atoms with van der Waals surface area (Å²) in [7, 11) is 0. The lowest BCUT2D eigenvalue weighted by Crippen LogP contribution is -2.13. The van der Waals surface area contributed by atoms with Crippen LogP contribution < -0.4 is 5.56 Å². The van der Waals surface area contributed by atoms with E-state index < -0.39 is 0 Å². The number of hydrogen-bond acceptors (Lipinski definition) is 6. The third-order valence-corrected chi connectivity index (χ3v) is 5.71. The predicted octanol–water partition coefficient (Wildman–Crippen LogP) is 4.48. The van der Waals surface area contributed by atoms with Crippen LogP contribution in [0.3, 0.4) is 0 Å². The van der Waals surface area contributed by atoms with Crippen molar-refractivity contribution in [1.82, 2.24) is 24.8 Å². The molecule has 3 aromatic heterocycles. The maximum atomic E-state index is 13.2. The van der Waals surface area contributed by atoms with Gasteiger partial charge in [-0.15, -0.1) is 5.10 Å². The van der Waals surface area contributed by atoms with Gasteiger partial charge in [-0.25, -0.2) is 19.0 Å². The molecule has 0 saturated carbocycles. The van der Waals surface area contributed by atoms with Crippen LogP contribution in [-0.2, 0) is 5.75 Å². The number of hydrogen-bond donors (Lipinski definition) is 1. The molecule has 0 aliphatic carbocycles. The molecule has 0 unspecified atom stereocenters. The van der Waals surface area contributed by atoms with Crippen LogP contribution in [0.4, 0.5) is 4.39 Å². The SMILES string of the molecule is Cc1oc(-c2ccccc2)nc1CSc1n[nH]c(=O)c2cc(-c3ccc(F)cc3)nn12. The number of fused-ring (bicyclic) bond motifs is 1. The average molecular weight is 433 g/mol. The highest BCUT2D eigenvalue weighted by atomic mass is 32.2. The van der Waals surface area contributed by atoms with E-state index in [-0.39, 0.29) is 11.4 Å². The lowest BCUT2D eigenvalue weighted by Gasteiger charge is -2.01. The first-order valence-corrected chi connectivity index (χ1v) is 10.5. The van der Waals surface area contributed by atoms with Crippen LogP contribution in [0.5, 0.6) is 0 Å². The molecule has 0 radical (unpaired) electrons. The fourth-order valence-electron chi connectivity index (χ4n) is 3.15. The van der Waals surface area contributed by atoms with Gasteiger partial charge < -0.3 is 4.42 Å². The predicted molar refractivity (Wildman–Crippen MR) is 115 cm³/mol. The summed E-state index contributed by atoms with van der Waals surface area (Å²) in [6.07, 6.45) is 0. The summed E-state index contributed by atoms with van der Waals surface area (Å²) in [5.41, 5.74) is 2.97. The second-order valence-electron chi connectivity index (χ2n) is 6.85. The summed E-state index contributed by atoms with van der Waals surface area (Å²) < 4.78 is 20.5. The first kappa shape index (κ1) is 19.3. The van der Waals surface area contributed by atoms with Crippen LogP contribution in [-0.4, -0.2) is 24.8 Å². The van der Waals surface area contributed by atoms with Crippen LogP contribution in [0, 0.1) is 12.7 Å². The fourth-order valence-corrected chi connectivity index (χ4v) is 4.05. The van der Waals surface area contributed by atoms with E-state index in [2.05, 4.69) is 20.3 Å². The number of rotatable bonds is 5. The number of oxazole rings is 1. The minimum absolute atomic E-state index is 0.332. The first-order chi connectivity index (χ1) is 15.1. The van der Waals surface area contributed by atoms with Crippen molar-refractivity contribution >= 4 is 17.3 Å². The third-order valence-electron chi connectivity index (χ3n) is 4.77. The molecular formula is C22H16FN5O2S. The highest BCUT2D eigenvalue weighted by Gasteiger charge is 2.16. The Morgan fingerprint density at radius 3 is 2.65 bits per heavy atom. The van der Waals surface area contributed by atoms with Crippen molar-refractivity contribution in [2.75, 3.05) is 0 Å². The molecule has 0 spiro atoms. The van der Waals surface area contributed by atoms with Crippen molar-refractivity contribution in [2.24, 2.45) is 0 Å². The molecule has 0 aliphatic heterocycles. The smallest absolute Gasteiger partial charge is 0.290 e. The van der Waals surface area contributed by atoms with Gasteiger partial charge in [-0.1, -0.05) is 30.0 Å². The molecule has 5 rings (SSSR count). The van der Waals surface area contributed by atoms with Crippen molar-refractivity contribution in [3.63, 3.8) is 0 Å². The monoisotopic (exact) mass is 433 g/mol. The van der Waals surface area contributed by atoms with Gasteiger partial charge in [0.2, 0.25) is 11.0 Å². The lowest BCUT2D eigenvalue weighted by molar-refractivity contribution is 0.540. The van der Waals surface area contributed by atoms with Crippen LogP contribution in [0.1, 0.15) is 11.5 Å². The minimum Gasteiger partial charge on any atom is -0.441 e. The number of nitrogens with zero attached hydrogens (tertiary/aromatic N) is 4. The molecule has 9 heteroatoms. The molecule has 5 aromatic rings. The van der Waals surface area contributed by atoms with E-state index in [1.54, 1.807) is 18.2 Å². The summed E-state index contributed by atoms with van der Waals surface area (Å²) in [6, 6.07) is 17.3. The second-order valence-corrected chi connectivity index (χ2v) is 7.79. The zero-order valence-electron chi connectivity index (χ0n) is 16.4. The van der Waals surface area contributed by atoms with E-state index in [0.29, 0.717) is 33.6 Å². The summed E-state index contributed by atoms with van der Waals surface area (Å²) in [5.74, 6) is 1.44. The van der Waals surface area contributed by atoms with Gasteiger partial charge in [0.05, 0.1) is 11.4 Å². The number of thioether (sulfide) groups is 1. The van der Waals surface area contributed by atoms with E-state index in [4.69, 9.17) is 4.42 Å². The Labute approximate surface area is 180 Å². The first-order valence-electron chi connectivity index (χ1n) is 9.47. The number of aromatic nitrogens is 5. The summed E-state index contributed by atoms with van der Waals surface area (Å²) >= 11 is 1.38. The quantitative estimate of drug-likeness (QED) is 0.411. The molecule has 7 nitrogen and oxygen atoms in total. The van der Waals surface area contributed by atoms with E-state index in [1.165, 1.54) is 28.4 Å². The van der Waals surface area contributed by atoms with Crippen molar-refractivity contribution in [3.8, 4) is 22.7 Å². The standard InChI is InChI=1S/C22H16FN5O2S/c1-13-18(24-21(30-13)15-5-3-2-4-6-15)12-31-22-26-25-20(29)19-11-17(27-28(19)22)14-7-9-16(23)10-8-14/h2-11H,12H2,1H3,(H,25,29). The number of aryl methyl sites for hydroxylation is 1. The van der Waals surface area contributed by atoms with E-state index >= 15 is 0 Å². The zero-order chi connectivity index (χ0) is 21.4. The third kappa shape index (κ3) is 3.75. The van der Waals surface area contributed by atoms with Gasteiger partial charge in [-0.3, -0.25) is 4.79 Å². The normalized spacial score (nSPS) is 11.3. The molecule has 0 bridgehead atoms. The Morgan fingerprint density at radius 1 is 1.10 bits per heavy atom. The molecule has 3 heterocycles. The molecule has 0 fully saturated rings. The number of aromatic amines is 1. The second kappa shape index (κ2) is 7.84. The Hall–Kier alpha value is -3.72. The van der Waals surface area contributed by atoms with Crippen LogP contribution in [0.2, 0.25) is 0 Å². The van der Waals surface area contributed by atoms with Gasteiger partial charge in [0, 0.05) is 16.9 Å². The van der Waals surface area contributed by atoms with Crippen molar-refractivity contribution in [3.05, 3.63) is 88.3 Å². The average Bonchev–Trinajstić information content (AvgIpc) is 3.39. The van der Waals surface area contributed by atoms with E-state index in [9.17, 15) is 9.18 Å². The number of benzene rings is 2. The topological polar surface area (TPSA) is 89.1 Å². The van der Waals surface area contributed by atoms with Gasteiger partial charge in [-0.05, 0) is 49.4 Å². The summed E-state index contributed by atoms with van der Waals surface area (Å²) in [6.45, 7) is 1.87. The van der Waals surface area contributed by atoms with Crippen molar-refractivity contribution in [2.45, 2.75) is 17.8 Å². The highest BCUT2D eigenvalue weighted by Crippen LogP contribution is 2.27. The zero-order valence-corrected chi connectivity index (χ0v) is 17.2. The van der Waals surface area contributed by atoms with Gasteiger partial charge >= 0.3 is 0 Å².